The Hall–Kier alpha value is -3.34. The van der Waals surface area contributed by atoms with Gasteiger partial charge in [0.05, 0.1) is 0 Å². The Kier molecular flexibility index (Phi) is 6.26. The summed E-state index contributed by atoms with van der Waals surface area (Å²) in [5, 5.41) is 16.2. The number of carboxylic acid groups (broad SMARTS) is 1. The van der Waals surface area contributed by atoms with E-state index in [1.807, 2.05) is 19.1 Å². The molecule has 2 atom stereocenters. The van der Waals surface area contributed by atoms with E-state index >= 15 is 0 Å². The summed E-state index contributed by atoms with van der Waals surface area (Å²) in [4.78, 5) is 15.8. The molecular weight excluding hydrogens is 434 g/mol. The van der Waals surface area contributed by atoms with Crippen molar-refractivity contribution in [2.24, 2.45) is 17.8 Å². The minimum atomic E-state index is -1.00. The van der Waals surface area contributed by atoms with Gasteiger partial charge < -0.3 is 15.7 Å². The molecule has 5 nitrogen and oxygen atoms in total. The molecule has 0 saturated heterocycles. The van der Waals surface area contributed by atoms with Crippen molar-refractivity contribution in [3.05, 3.63) is 77.5 Å². The number of aromatic carboxylic acids is 1. The lowest BCUT2D eigenvalue weighted by Crippen LogP contribution is -2.42. The Labute approximate surface area is 208 Å². The van der Waals surface area contributed by atoms with Crippen LogP contribution in [0.3, 0.4) is 0 Å². The van der Waals surface area contributed by atoms with Crippen LogP contribution in [-0.2, 0) is 5.41 Å². The van der Waals surface area contributed by atoms with Gasteiger partial charge in [-0.2, -0.15) is 0 Å². The Bertz CT molecular complexity index is 1200. The molecule has 5 heteroatoms. The smallest absolute Gasteiger partial charge is 0.339 e. The molecule has 5 rings (SSSR count). The van der Waals surface area contributed by atoms with Crippen LogP contribution in [-0.4, -0.2) is 16.1 Å². The van der Waals surface area contributed by atoms with Crippen LogP contribution >= 0.6 is 0 Å². The van der Waals surface area contributed by atoms with Gasteiger partial charge >= 0.3 is 5.97 Å². The van der Waals surface area contributed by atoms with Crippen molar-refractivity contribution in [3.8, 4) is 0 Å². The van der Waals surface area contributed by atoms with Crippen LogP contribution in [0.25, 0.3) is 0 Å². The number of aryl methyl sites for hydroxylation is 1. The van der Waals surface area contributed by atoms with Crippen LogP contribution in [0.5, 0.6) is 0 Å². The maximum atomic E-state index is 11.5. The van der Waals surface area contributed by atoms with Gasteiger partial charge in [0.1, 0.15) is 11.4 Å². The molecule has 3 aromatic rings. The third kappa shape index (κ3) is 5.04. The maximum Gasteiger partial charge on any atom is 0.339 e. The maximum absolute atomic E-state index is 11.5. The second-order valence-corrected chi connectivity index (χ2v) is 11.1. The van der Waals surface area contributed by atoms with Crippen LogP contribution in [0.4, 0.5) is 22.9 Å². The molecule has 0 aliphatic heterocycles. The molecule has 2 aromatic carbocycles. The summed E-state index contributed by atoms with van der Waals surface area (Å²) in [6, 6.07) is 18.3. The molecular formula is C30H35N3O2. The van der Waals surface area contributed by atoms with Gasteiger partial charge in [-0.1, -0.05) is 26.0 Å². The minimum absolute atomic E-state index is 0.148. The van der Waals surface area contributed by atoms with Gasteiger partial charge in [0.25, 0.3) is 0 Å². The molecule has 0 radical (unpaired) electrons. The number of anilines is 4. The van der Waals surface area contributed by atoms with Crippen molar-refractivity contribution >= 4 is 28.8 Å². The molecule has 2 fully saturated rings. The first-order valence-electron chi connectivity index (χ1n) is 12.7. The highest BCUT2D eigenvalue weighted by atomic mass is 16.4. The van der Waals surface area contributed by atoms with Crippen molar-refractivity contribution in [1.82, 2.24) is 4.98 Å². The number of carboxylic acids is 1. The molecule has 1 aromatic heterocycles. The van der Waals surface area contributed by atoms with E-state index in [-0.39, 0.29) is 5.56 Å². The van der Waals surface area contributed by atoms with Gasteiger partial charge in [0.15, 0.2) is 0 Å². The van der Waals surface area contributed by atoms with E-state index in [9.17, 15) is 9.90 Å². The van der Waals surface area contributed by atoms with Crippen molar-refractivity contribution in [2.45, 2.75) is 58.3 Å². The monoisotopic (exact) mass is 469 g/mol. The second kappa shape index (κ2) is 9.37. The largest absolute Gasteiger partial charge is 0.478 e. The number of carbonyl (C=O) groups is 1. The van der Waals surface area contributed by atoms with Gasteiger partial charge in [-0.3, -0.25) is 0 Å². The molecule has 3 N–H and O–H groups in total. The standard InChI is InChI=1S/C30H35N3O2/c1-19-13-25(15-26(14-19)33-28-27(29(34)35)5-4-10-31-28)32-24-8-6-23(7-9-24)30-16-20(2)11-22(18-30)12-21(3)17-30/h4-10,13-15,20-22,32H,11-12,16-18H2,1-3H3,(H,31,33)(H,34,35). The Morgan fingerprint density at radius 2 is 1.57 bits per heavy atom. The molecule has 0 amide bonds. The zero-order chi connectivity index (χ0) is 24.6. The second-order valence-electron chi connectivity index (χ2n) is 11.1. The molecule has 2 bridgehead atoms. The van der Waals surface area contributed by atoms with E-state index in [1.54, 1.807) is 18.3 Å². The zero-order valence-corrected chi connectivity index (χ0v) is 20.8. The molecule has 2 aliphatic rings. The average Bonchev–Trinajstić information content (AvgIpc) is 2.78. The van der Waals surface area contributed by atoms with E-state index in [2.05, 4.69) is 59.8 Å². The predicted octanol–water partition coefficient (Wildman–Crippen LogP) is 7.68. The Morgan fingerprint density at radius 3 is 2.23 bits per heavy atom. The average molecular weight is 470 g/mol. The summed E-state index contributed by atoms with van der Waals surface area (Å²) in [6.45, 7) is 6.89. The van der Waals surface area contributed by atoms with E-state index in [4.69, 9.17) is 0 Å². The highest BCUT2D eigenvalue weighted by molar-refractivity contribution is 5.94. The van der Waals surface area contributed by atoms with Gasteiger partial charge in [-0.25, -0.2) is 9.78 Å². The predicted molar refractivity (Wildman–Crippen MR) is 142 cm³/mol. The summed E-state index contributed by atoms with van der Waals surface area (Å²) in [6.07, 6.45) is 8.32. The third-order valence-corrected chi connectivity index (χ3v) is 7.79. The topological polar surface area (TPSA) is 74.2 Å². The van der Waals surface area contributed by atoms with Crippen LogP contribution < -0.4 is 10.6 Å². The number of pyridine rings is 1. The first-order chi connectivity index (χ1) is 16.8. The van der Waals surface area contributed by atoms with Crippen molar-refractivity contribution in [2.75, 3.05) is 10.6 Å². The highest BCUT2D eigenvalue weighted by Gasteiger charge is 2.45. The Balaban J connectivity index is 1.35. The van der Waals surface area contributed by atoms with Gasteiger partial charge in [-0.15, -0.1) is 0 Å². The van der Waals surface area contributed by atoms with Crippen LogP contribution in [0.15, 0.2) is 60.8 Å². The molecule has 2 unspecified atom stereocenters. The van der Waals surface area contributed by atoms with E-state index in [0.717, 1.165) is 40.4 Å². The van der Waals surface area contributed by atoms with Crippen LogP contribution in [0.1, 0.15) is 67.4 Å². The number of hydrogen-bond acceptors (Lipinski definition) is 4. The number of benzene rings is 2. The third-order valence-electron chi connectivity index (χ3n) is 7.79. The molecule has 2 aliphatic carbocycles. The summed E-state index contributed by atoms with van der Waals surface area (Å²) in [7, 11) is 0. The van der Waals surface area contributed by atoms with Crippen molar-refractivity contribution in [1.29, 1.82) is 0 Å². The number of hydrogen-bond donors (Lipinski definition) is 3. The highest BCUT2D eigenvalue weighted by Crippen LogP contribution is 2.54. The van der Waals surface area contributed by atoms with E-state index < -0.39 is 5.97 Å². The fraction of sp³-hybridized carbons (Fsp3) is 0.400. The number of aromatic nitrogens is 1. The van der Waals surface area contributed by atoms with Crippen LogP contribution in [0.2, 0.25) is 0 Å². The summed E-state index contributed by atoms with van der Waals surface area (Å²) < 4.78 is 0. The fourth-order valence-electron chi connectivity index (χ4n) is 6.87. The Morgan fingerprint density at radius 1 is 0.914 bits per heavy atom. The molecule has 2 saturated carbocycles. The minimum Gasteiger partial charge on any atom is -0.478 e. The molecule has 1 heterocycles. The normalized spacial score (nSPS) is 25.6. The van der Waals surface area contributed by atoms with Crippen LogP contribution in [0, 0.1) is 24.7 Å². The summed E-state index contributed by atoms with van der Waals surface area (Å²) in [5.41, 5.74) is 5.84. The first-order valence-corrected chi connectivity index (χ1v) is 12.7. The van der Waals surface area contributed by atoms with Gasteiger partial charge in [0.2, 0.25) is 0 Å². The molecule has 35 heavy (non-hydrogen) atoms. The number of rotatable bonds is 6. The van der Waals surface area contributed by atoms with Crippen molar-refractivity contribution in [3.63, 3.8) is 0 Å². The first kappa shape index (κ1) is 23.4. The van der Waals surface area contributed by atoms with Gasteiger partial charge in [0, 0.05) is 23.3 Å². The van der Waals surface area contributed by atoms with E-state index in [0.29, 0.717) is 11.2 Å². The number of nitrogens with zero attached hydrogens (tertiary/aromatic N) is 1. The van der Waals surface area contributed by atoms with Gasteiger partial charge in [-0.05, 0) is 116 Å². The van der Waals surface area contributed by atoms with E-state index in [1.165, 1.54) is 37.7 Å². The quantitative estimate of drug-likeness (QED) is 0.345. The summed E-state index contributed by atoms with van der Waals surface area (Å²) in [5.74, 6) is 1.81. The fourth-order valence-corrected chi connectivity index (χ4v) is 6.87. The number of nitrogens with one attached hydrogen (secondary N) is 2. The molecule has 0 spiro atoms. The van der Waals surface area contributed by atoms with Crippen molar-refractivity contribution < 1.29 is 9.90 Å². The lowest BCUT2D eigenvalue weighted by molar-refractivity contribution is 0.0697. The number of fused-ring (bicyclic) bond motifs is 2. The lowest BCUT2D eigenvalue weighted by atomic mass is 9.54. The lowest BCUT2D eigenvalue weighted by Gasteiger charge is -2.50. The zero-order valence-electron chi connectivity index (χ0n) is 20.8. The molecule has 182 valence electrons. The summed E-state index contributed by atoms with van der Waals surface area (Å²) >= 11 is 0. The SMILES string of the molecule is Cc1cc(Nc2ccc(C34CC(C)CC(CC(C)C3)C4)cc2)cc(Nc2ncccc2C(=O)O)c1.